The van der Waals surface area contributed by atoms with Crippen molar-refractivity contribution >= 4 is 0 Å². The lowest BCUT2D eigenvalue weighted by Gasteiger charge is -2.47. The molecule has 15 heavy (non-hydrogen) atoms. The van der Waals surface area contributed by atoms with Crippen molar-refractivity contribution in [3.8, 4) is 0 Å². The van der Waals surface area contributed by atoms with Crippen LogP contribution in [0.5, 0.6) is 0 Å². The topological polar surface area (TPSA) is 21.3 Å². The number of nitrogens with one attached hydrogen (secondary N) is 1. The van der Waals surface area contributed by atoms with Crippen molar-refractivity contribution in [2.45, 2.75) is 63.0 Å². The second-order valence-corrected chi connectivity index (χ2v) is 5.66. The highest BCUT2D eigenvalue weighted by Crippen LogP contribution is 2.42. The Bertz CT molecular complexity index is 210. The molecule has 3 rings (SSSR count). The van der Waals surface area contributed by atoms with Crippen molar-refractivity contribution in [2.24, 2.45) is 5.92 Å². The molecule has 1 saturated heterocycles. The summed E-state index contributed by atoms with van der Waals surface area (Å²) >= 11 is 0. The second-order valence-electron chi connectivity index (χ2n) is 5.66. The summed E-state index contributed by atoms with van der Waals surface area (Å²) in [5.41, 5.74) is 0.235. The zero-order chi connectivity index (χ0) is 10.1. The van der Waals surface area contributed by atoms with Crippen LogP contribution in [0.4, 0.5) is 0 Å². The molecule has 0 amide bonds. The molecule has 1 unspecified atom stereocenters. The quantitative estimate of drug-likeness (QED) is 0.754. The molecule has 1 spiro atoms. The van der Waals surface area contributed by atoms with E-state index in [2.05, 4.69) is 5.32 Å². The van der Waals surface area contributed by atoms with Crippen molar-refractivity contribution in [2.75, 3.05) is 13.2 Å². The highest BCUT2D eigenvalue weighted by molar-refractivity contribution is 4.99. The summed E-state index contributed by atoms with van der Waals surface area (Å²) in [5.74, 6) is 1.02. The number of hydrogen-bond acceptors (Lipinski definition) is 2. The summed E-state index contributed by atoms with van der Waals surface area (Å²) in [4.78, 5) is 0. The molecule has 0 bridgehead atoms. The maximum atomic E-state index is 6.19. The number of morpholine rings is 1. The van der Waals surface area contributed by atoms with Crippen LogP contribution in [0.25, 0.3) is 0 Å². The summed E-state index contributed by atoms with van der Waals surface area (Å²) in [5, 5.41) is 3.73. The van der Waals surface area contributed by atoms with Gasteiger partial charge in [0.25, 0.3) is 0 Å². The van der Waals surface area contributed by atoms with E-state index in [-0.39, 0.29) is 5.60 Å². The van der Waals surface area contributed by atoms with E-state index in [1.807, 2.05) is 0 Å². The monoisotopic (exact) mass is 209 g/mol. The van der Waals surface area contributed by atoms with Crippen LogP contribution in [0.15, 0.2) is 0 Å². The smallest absolute Gasteiger partial charge is 0.0835 e. The van der Waals surface area contributed by atoms with Crippen LogP contribution in [0.3, 0.4) is 0 Å². The Labute approximate surface area is 92.8 Å². The van der Waals surface area contributed by atoms with Crippen LogP contribution in [0.1, 0.15) is 51.4 Å². The largest absolute Gasteiger partial charge is 0.372 e. The molecule has 1 aliphatic heterocycles. The Hall–Kier alpha value is -0.0800. The first-order chi connectivity index (χ1) is 7.39. The van der Waals surface area contributed by atoms with Crippen molar-refractivity contribution in [3.05, 3.63) is 0 Å². The van der Waals surface area contributed by atoms with Crippen LogP contribution >= 0.6 is 0 Å². The van der Waals surface area contributed by atoms with Gasteiger partial charge in [-0.05, 0) is 25.2 Å². The van der Waals surface area contributed by atoms with Gasteiger partial charge in [-0.25, -0.2) is 0 Å². The van der Waals surface area contributed by atoms with Crippen molar-refractivity contribution < 1.29 is 4.74 Å². The highest BCUT2D eigenvalue weighted by Gasteiger charge is 2.44. The van der Waals surface area contributed by atoms with Gasteiger partial charge in [-0.3, -0.25) is 0 Å². The summed E-state index contributed by atoms with van der Waals surface area (Å²) < 4.78 is 6.19. The number of hydrogen-bond donors (Lipinski definition) is 1. The Balaban J connectivity index is 1.69. The molecule has 1 atom stereocenters. The van der Waals surface area contributed by atoms with E-state index in [4.69, 9.17) is 4.74 Å². The average Bonchev–Trinajstić information content (AvgIpc) is 3.07. The van der Waals surface area contributed by atoms with Gasteiger partial charge in [-0.2, -0.15) is 0 Å². The van der Waals surface area contributed by atoms with E-state index >= 15 is 0 Å². The molecule has 3 aliphatic rings. The second kappa shape index (κ2) is 4.06. The molecule has 0 aromatic rings. The predicted molar refractivity (Wildman–Crippen MR) is 60.9 cm³/mol. The third-order valence-corrected chi connectivity index (χ3v) is 4.48. The van der Waals surface area contributed by atoms with E-state index in [0.717, 1.165) is 19.1 Å². The minimum Gasteiger partial charge on any atom is -0.372 e. The van der Waals surface area contributed by atoms with Crippen molar-refractivity contribution in [1.29, 1.82) is 0 Å². The SMILES string of the molecule is C1CCC2(CC1)OCCNC2CC1CC1. The fourth-order valence-electron chi connectivity index (χ4n) is 3.40. The van der Waals surface area contributed by atoms with Gasteiger partial charge in [0.05, 0.1) is 12.2 Å². The lowest BCUT2D eigenvalue weighted by molar-refractivity contribution is -0.120. The molecule has 1 heterocycles. The molecule has 86 valence electrons. The molecule has 2 heteroatoms. The van der Waals surface area contributed by atoms with Crippen LogP contribution in [-0.4, -0.2) is 24.8 Å². The van der Waals surface area contributed by atoms with Gasteiger partial charge < -0.3 is 10.1 Å². The first kappa shape index (κ1) is 10.1. The third-order valence-electron chi connectivity index (χ3n) is 4.48. The molecular formula is C13H23NO. The standard InChI is InChI=1S/C13H23NO/c1-2-6-13(7-3-1)12(10-11-4-5-11)14-8-9-15-13/h11-12,14H,1-10H2. The minimum atomic E-state index is 0.235. The number of ether oxygens (including phenoxy) is 1. The van der Waals surface area contributed by atoms with Crippen molar-refractivity contribution in [3.63, 3.8) is 0 Å². The summed E-state index contributed by atoms with van der Waals surface area (Å²) in [6, 6.07) is 0.666. The van der Waals surface area contributed by atoms with E-state index in [9.17, 15) is 0 Å². The van der Waals surface area contributed by atoms with Crippen LogP contribution < -0.4 is 5.32 Å². The maximum absolute atomic E-state index is 6.19. The zero-order valence-corrected chi connectivity index (χ0v) is 9.63. The minimum absolute atomic E-state index is 0.235. The van der Waals surface area contributed by atoms with Gasteiger partial charge >= 0.3 is 0 Å². The van der Waals surface area contributed by atoms with E-state index in [1.165, 1.54) is 51.4 Å². The third kappa shape index (κ3) is 2.07. The van der Waals surface area contributed by atoms with Gasteiger partial charge in [-0.15, -0.1) is 0 Å². The van der Waals surface area contributed by atoms with E-state index < -0.39 is 0 Å². The predicted octanol–water partition coefficient (Wildman–Crippen LogP) is 2.48. The molecule has 1 N–H and O–H groups in total. The molecule has 0 aromatic heterocycles. The Morgan fingerprint density at radius 1 is 1.13 bits per heavy atom. The Morgan fingerprint density at radius 2 is 1.93 bits per heavy atom. The van der Waals surface area contributed by atoms with Crippen LogP contribution in [0.2, 0.25) is 0 Å². The molecule has 2 aliphatic carbocycles. The normalized spacial score (nSPS) is 35.6. The van der Waals surface area contributed by atoms with Gasteiger partial charge in [0, 0.05) is 12.6 Å². The highest BCUT2D eigenvalue weighted by atomic mass is 16.5. The van der Waals surface area contributed by atoms with Gasteiger partial charge in [0.15, 0.2) is 0 Å². The maximum Gasteiger partial charge on any atom is 0.0835 e. The molecule has 2 saturated carbocycles. The Morgan fingerprint density at radius 3 is 2.67 bits per heavy atom. The lowest BCUT2D eigenvalue weighted by atomic mass is 9.76. The zero-order valence-electron chi connectivity index (χ0n) is 9.63. The fourth-order valence-corrected chi connectivity index (χ4v) is 3.40. The molecule has 2 nitrogen and oxygen atoms in total. The molecular weight excluding hydrogens is 186 g/mol. The summed E-state index contributed by atoms with van der Waals surface area (Å²) in [6.45, 7) is 2.00. The average molecular weight is 209 g/mol. The fraction of sp³-hybridized carbons (Fsp3) is 1.00. The molecule has 0 aromatic carbocycles. The summed E-state index contributed by atoms with van der Waals surface area (Å²) in [7, 11) is 0. The van der Waals surface area contributed by atoms with Crippen LogP contribution in [0, 0.1) is 5.92 Å². The Kier molecular flexibility index (Phi) is 2.73. The van der Waals surface area contributed by atoms with Gasteiger partial charge in [0.1, 0.15) is 0 Å². The molecule has 3 fully saturated rings. The lowest BCUT2D eigenvalue weighted by Crippen LogP contribution is -2.58. The number of rotatable bonds is 2. The first-order valence-electron chi connectivity index (χ1n) is 6.76. The van der Waals surface area contributed by atoms with E-state index in [1.54, 1.807) is 0 Å². The summed E-state index contributed by atoms with van der Waals surface area (Å²) in [6.07, 6.45) is 11.1. The molecule has 0 radical (unpaired) electrons. The van der Waals surface area contributed by atoms with Crippen molar-refractivity contribution in [1.82, 2.24) is 5.32 Å². The first-order valence-corrected chi connectivity index (χ1v) is 6.76. The van der Waals surface area contributed by atoms with Crippen LogP contribution in [-0.2, 0) is 4.74 Å². The van der Waals surface area contributed by atoms with Gasteiger partial charge in [0.2, 0.25) is 0 Å². The van der Waals surface area contributed by atoms with Gasteiger partial charge in [-0.1, -0.05) is 32.1 Å². The van der Waals surface area contributed by atoms with E-state index in [0.29, 0.717) is 6.04 Å².